The van der Waals surface area contributed by atoms with E-state index in [1.807, 2.05) is 0 Å². The van der Waals surface area contributed by atoms with Crippen molar-refractivity contribution in [2.75, 3.05) is 0 Å². The molecule has 1 aromatic rings. The Bertz CT molecular complexity index is 430. The van der Waals surface area contributed by atoms with Gasteiger partial charge >= 0.3 is 12.0 Å². The van der Waals surface area contributed by atoms with Crippen LogP contribution in [0.3, 0.4) is 0 Å². The average molecular weight is 270 g/mol. The fourth-order valence-electron chi connectivity index (χ4n) is 1.44. The first-order valence-electron chi connectivity index (χ1n) is 5.84. The summed E-state index contributed by atoms with van der Waals surface area (Å²) in [5.41, 5.74) is -0.612. The highest BCUT2D eigenvalue weighted by atomic mass is 16.4. The summed E-state index contributed by atoms with van der Waals surface area (Å²) in [4.78, 5) is 22.3. The van der Waals surface area contributed by atoms with Crippen LogP contribution >= 0.6 is 0 Å². The number of carbonyl (C=O) groups is 2. The summed E-state index contributed by atoms with van der Waals surface area (Å²) in [6, 6.07) is -0.804. The fourth-order valence-corrected chi connectivity index (χ4v) is 1.44. The SMILES string of the molecule is CC(NC(=O)NC(C)(C)CCC(=O)O)c1nn[nH]n1. The summed E-state index contributed by atoms with van der Waals surface area (Å²) in [7, 11) is 0. The number of tetrazole rings is 1. The third kappa shape index (κ3) is 5.32. The number of rotatable bonds is 6. The molecule has 0 saturated heterocycles. The number of aromatic nitrogens is 4. The van der Waals surface area contributed by atoms with Gasteiger partial charge in [0.05, 0.1) is 6.04 Å². The fraction of sp³-hybridized carbons (Fsp3) is 0.700. The van der Waals surface area contributed by atoms with Crippen LogP contribution < -0.4 is 10.6 Å². The molecular formula is C10H18N6O3. The number of carboxylic acids is 1. The lowest BCUT2D eigenvalue weighted by atomic mass is 9.99. The first-order chi connectivity index (χ1) is 8.80. The largest absolute Gasteiger partial charge is 0.481 e. The van der Waals surface area contributed by atoms with Crippen LogP contribution in [0.25, 0.3) is 0 Å². The molecule has 0 radical (unpaired) electrons. The van der Waals surface area contributed by atoms with E-state index in [0.717, 1.165) is 0 Å². The monoisotopic (exact) mass is 270 g/mol. The third-order valence-electron chi connectivity index (χ3n) is 2.51. The third-order valence-corrected chi connectivity index (χ3v) is 2.51. The number of H-pyrrole nitrogens is 1. The molecule has 0 aliphatic carbocycles. The first kappa shape index (κ1) is 14.9. The molecule has 0 fully saturated rings. The smallest absolute Gasteiger partial charge is 0.315 e. The zero-order valence-corrected chi connectivity index (χ0v) is 11.1. The van der Waals surface area contributed by atoms with E-state index in [1.165, 1.54) is 0 Å². The predicted octanol–water partition coefficient (Wildman–Crippen LogP) is 0.203. The molecule has 9 nitrogen and oxygen atoms in total. The molecule has 2 amide bonds. The topological polar surface area (TPSA) is 133 Å². The van der Waals surface area contributed by atoms with Crippen molar-refractivity contribution in [1.29, 1.82) is 0 Å². The van der Waals surface area contributed by atoms with E-state index < -0.39 is 23.6 Å². The van der Waals surface area contributed by atoms with E-state index in [0.29, 0.717) is 12.2 Å². The van der Waals surface area contributed by atoms with Gasteiger partial charge in [-0.2, -0.15) is 5.21 Å². The Kier molecular flexibility index (Phi) is 4.79. The number of nitrogens with zero attached hydrogens (tertiary/aromatic N) is 3. The Morgan fingerprint density at radius 2 is 2.16 bits per heavy atom. The molecular weight excluding hydrogens is 252 g/mol. The van der Waals surface area contributed by atoms with E-state index >= 15 is 0 Å². The maximum absolute atomic E-state index is 11.8. The Labute approximate surface area is 110 Å². The highest BCUT2D eigenvalue weighted by Crippen LogP contribution is 2.11. The maximum atomic E-state index is 11.8. The molecule has 0 saturated carbocycles. The van der Waals surface area contributed by atoms with Gasteiger partial charge in [-0.1, -0.05) is 5.21 Å². The normalized spacial score (nSPS) is 12.8. The zero-order chi connectivity index (χ0) is 14.5. The summed E-state index contributed by atoms with van der Waals surface area (Å²) in [6.45, 7) is 5.23. The van der Waals surface area contributed by atoms with Gasteiger partial charge < -0.3 is 15.7 Å². The van der Waals surface area contributed by atoms with Crippen molar-refractivity contribution in [2.45, 2.75) is 45.2 Å². The zero-order valence-electron chi connectivity index (χ0n) is 11.1. The molecule has 1 heterocycles. The van der Waals surface area contributed by atoms with Crippen LogP contribution in [-0.4, -0.2) is 43.3 Å². The Morgan fingerprint density at radius 1 is 1.47 bits per heavy atom. The summed E-state index contributed by atoms with van der Waals surface area (Å²) in [5.74, 6) is -0.519. The molecule has 0 spiro atoms. The van der Waals surface area contributed by atoms with Crippen LogP contribution in [0.1, 0.15) is 45.5 Å². The quantitative estimate of drug-likeness (QED) is 0.583. The lowest BCUT2D eigenvalue weighted by Crippen LogP contribution is -2.49. The summed E-state index contributed by atoms with van der Waals surface area (Å²) in [6.07, 6.45) is 0.333. The predicted molar refractivity (Wildman–Crippen MR) is 65.2 cm³/mol. The first-order valence-corrected chi connectivity index (χ1v) is 5.84. The van der Waals surface area contributed by atoms with Gasteiger partial charge in [0.25, 0.3) is 0 Å². The standard InChI is InChI=1S/C10H18N6O3/c1-6(8-13-15-16-14-8)11-9(19)12-10(2,3)5-4-7(17)18/h6H,4-5H2,1-3H3,(H,17,18)(H2,11,12,19)(H,13,14,15,16). The van der Waals surface area contributed by atoms with Crippen molar-refractivity contribution < 1.29 is 14.7 Å². The minimum atomic E-state index is -0.893. The Morgan fingerprint density at radius 3 is 2.68 bits per heavy atom. The molecule has 106 valence electrons. The van der Waals surface area contributed by atoms with Crippen molar-refractivity contribution in [2.24, 2.45) is 0 Å². The van der Waals surface area contributed by atoms with Crippen molar-refractivity contribution in [3.63, 3.8) is 0 Å². The number of hydrogen-bond donors (Lipinski definition) is 4. The van der Waals surface area contributed by atoms with E-state index in [2.05, 4.69) is 31.3 Å². The van der Waals surface area contributed by atoms with Crippen molar-refractivity contribution in [3.8, 4) is 0 Å². The van der Waals surface area contributed by atoms with Gasteiger partial charge in [0, 0.05) is 12.0 Å². The number of hydrogen-bond acceptors (Lipinski definition) is 5. The van der Waals surface area contributed by atoms with Gasteiger partial charge in [-0.3, -0.25) is 4.79 Å². The molecule has 0 aromatic carbocycles. The van der Waals surface area contributed by atoms with Gasteiger partial charge in [-0.25, -0.2) is 4.79 Å². The van der Waals surface area contributed by atoms with E-state index in [-0.39, 0.29) is 6.42 Å². The molecule has 0 aliphatic rings. The van der Waals surface area contributed by atoms with Gasteiger partial charge in [-0.05, 0) is 27.2 Å². The molecule has 1 atom stereocenters. The number of aliphatic carboxylic acids is 1. The lowest BCUT2D eigenvalue weighted by Gasteiger charge is -2.26. The van der Waals surface area contributed by atoms with Crippen LogP contribution in [0.5, 0.6) is 0 Å². The van der Waals surface area contributed by atoms with Crippen LogP contribution in [0.4, 0.5) is 4.79 Å². The maximum Gasteiger partial charge on any atom is 0.315 e. The van der Waals surface area contributed by atoms with Crippen LogP contribution in [0.2, 0.25) is 0 Å². The van der Waals surface area contributed by atoms with Crippen LogP contribution in [0.15, 0.2) is 0 Å². The molecule has 4 N–H and O–H groups in total. The van der Waals surface area contributed by atoms with Crippen molar-refractivity contribution >= 4 is 12.0 Å². The van der Waals surface area contributed by atoms with E-state index in [9.17, 15) is 9.59 Å². The molecule has 9 heteroatoms. The van der Waals surface area contributed by atoms with Crippen LogP contribution in [-0.2, 0) is 4.79 Å². The van der Waals surface area contributed by atoms with Gasteiger partial charge in [0.1, 0.15) is 0 Å². The Balaban J connectivity index is 2.43. The van der Waals surface area contributed by atoms with Gasteiger partial charge in [-0.15, -0.1) is 10.2 Å². The molecule has 1 rings (SSSR count). The summed E-state index contributed by atoms with van der Waals surface area (Å²) in [5, 5.41) is 27.2. The summed E-state index contributed by atoms with van der Waals surface area (Å²) >= 11 is 0. The minimum absolute atomic E-state index is 0.00627. The number of urea groups is 1. The molecule has 0 bridgehead atoms. The highest BCUT2D eigenvalue weighted by molar-refractivity contribution is 5.75. The second-order valence-corrected chi connectivity index (χ2v) is 4.87. The van der Waals surface area contributed by atoms with Crippen molar-refractivity contribution in [1.82, 2.24) is 31.3 Å². The van der Waals surface area contributed by atoms with Gasteiger partial charge in [0.2, 0.25) is 0 Å². The number of aromatic amines is 1. The lowest BCUT2D eigenvalue weighted by molar-refractivity contribution is -0.137. The number of amides is 2. The summed E-state index contributed by atoms with van der Waals surface area (Å²) < 4.78 is 0. The van der Waals surface area contributed by atoms with E-state index in [1.54, 1.807) is 20.8 Å². The molecule has 0 aliphatic heterocycles. The number of nitrogens with one attached hydrogen (secondary N) is 3. The highest BCUT2D eigenvalue weighted by Gasteiger charge is 2.23. The van der Waals surface area contributed by atoms with E-state index in [4.69, 9.17) is 5.11 Å². The average Bonchev–Trinajstić information content (AvgIpc) is 2.79. The number of carbonyl (C=O) groups excluding carboxylic acids is 1. The Hall–Kier alpha value is -2.19. The molecule has 19 heavy (non-hydrogen) atoms. The number of carboxylic acid groups (broad SMARTS) is 1. The van der Waals surface area contributed by atoms with Crippen LogP contribution in [0, 0.1) is 0 Å². The van der Waals surface area contributed by atoms with Crippen molar-refractivity contribution in [3.05, 3.63) is 5.82 Å². The molecule has 1 unspecified atom stereocenters. The molecule has 1 aromatic heterocycles. The minimum Gasteiger partial charge on any atom is -0.481 e. The second kappa shape index (κ2) is 6.12. The second-order valence-electron chi connectivity index (χ2n) is 4.87. The van der Waals surface area contributed by atoms with Gasteiger partial charge in [0.15, 0.2) is 5.82 Å².